The van der Waals surface area contributed by atoms with Crippen molar-refractivity contribution in [3.63, 3.8) is 0 Å². The standard InChI is InChI=1S/C15H28N4O5S2/c1-9(15(23)24)18-12(20)8-17-14(22)11(5-7-26-3)19-13(21)10(16)4-6-25-2/h9-11H,4-8,16H2,1-3H3,(H,17,22)(H,18,20)(H,19,21)(H,23,24). The molecule has 3 atom stereocenters. The van der Waals surface area contributed by atoms with Crippen LogP contribution in [0.2, 0.25) is 0 Å². The van der Waals surface area contributed by atoms with Gasteiger partial charge in [0.2, 0.25) is 17.7 Å². The fourth-order valence-corrected chi connectivity index (χ4v) is 2.77. The van der Waals surface area contributed by atoms with Gasteiger partial charge in [0.25, 0.3) is 0 Å². The topological polar surface area (TPSA) is 151 Å². The van der Waals surface area contributed by atoms with Crippen molar-refractivity contribution in [3.8, 4) is 0 Å². The second-order valence-corrected chi connectivity index (χ2v) is 7.55. The molecule has 0 saturated heterocycles. The molecule has 0 fully saturated rings. The van der Waals surface area contributed by atoms with Crippen LogP contribution in [-0.2, 0) is 19.2 Å². The number of carboxylic acids is 1. The van der Waals surface area contributed by atoms with E-state index in [-0.39, 0.29) is 6.54 Å². The van der Waals surface area contributed by atoms with E-state index in [0.29, 0.717) is 18.6 Å². The fraction of sp³-hybridized carbons (Fsp3) is 0.733. The quantitative estimate of drug-likeness (QED) is 0.261. The molecule has 0 radical (unpaired) electrons. The van der Waals surface area contributed by atoms with Gasteiger partial charge in [0.05, 0.1) is 12.6 Å². The Kier molecular flexibility index (Phi) is 12.9. The SMILES string of the molecule is CSCCC(N)C(=O)NC(CCSC)C(=O)NCC(=O)NC(C)C(=O)O. The predicted molar refractivity (Wildman–Crippen MR) is 104 cm³/mol. The summed E-state index contributed by atoms with van der Waals surface area (Å²) in [7, 11) is 0. The largest absolute Gasteiger partial charge is 0.480 e. The fourth-order valence-electron chi connectivity index (χ4n) is 1.80. The van der Waals surface area contributed by atoms with Gasteiger partial charge in [-0.25, -0.2) is 0 Å². The maximum absolute atomic E-state index is 12.3. The van der Waals surface area contributed by atoms with Crippen LogP contribution in [0.4, 0.5) is 0 Å². The third kappa shape index (κ3) is 10.5. The van der Waals surface area contributed by atoms with Gasteiger partial charge >= 0.3 is 5.97 Å². The van der Waals surface area contributed by atoms with Crippen molar-refractivity contribution >= 4 is 47.2 Å². The molecule has 0 aliphatic heterocycles. The summed E-state index contributed by atoms with van der Waals surface area (Å²) in [5.74, 6) is -1.35. The normalized spacial score (nSPS) is 14.0. The minimum Gasteiger partial charge on any atom is -0.480 e. The first-order valence-corrected chi connectivity index (χ1v) is 10.8. The highest BCUT2D eigenvalue weighted by atomic mass is 32.2. The monoisotopic (exact) mass is 408 g/mol. The van der Waals surface area contributed by atoms with Gasteiger partial charge in [-0.2, -0.15) is 23.5 Å². The first-order chi connectivity index (χ1) is 12.2. The highest BCUT2D eigenvalue weighted by Gasteiger charge is 2.24. The van der Waals surface area contributed by atoms with Gasteiger partial charge in [-0.05, 0) is 43.8 Å². The summed E-state index contributed by atoms with van der Waals surface area (Å²) in [6, 6.07) is -2.56. The maximum Gasteiger partial charge on any atom is 0.325 e. The van der Waals surface area contributed by atoms with Gasteiger partial charge in [0.15, 0.2) is 0 Å². The molecule has 0 aliphatic carbocycles. The van der Waals surface area contributed by atoms with Crippen LogP contribution in [0.5, 0.6) is 0 Å². The maximum atomic E-state index is 12.3. The Labute approximate surface area is 162 Å². The lowest BCUT2D eigenvalue weighted by molar-refractivity contribution is -0.141. The first kappa shape index (κ1) is 24.5. The van der Waals surface area contributed by atoms with Crippen molar-refractivity contribution in [1.29, 1.82) is 0 Å². The van der Waals surface area contributed by atoms with Crippen LogP contribution in [-0.4, -0.2) is 77.5 Å². The minimum atomic E-state index is -1.17. The summed E-state index contributed by atoms with van der Waals surface area (Å²) in [5.41, 5.74) is 5.80. The molecule has 0 spiro atoms. The predicted octanol–water partition coefficient (Wildman–Crippen LogP) is -0.990. The van der Waals surface area contributed by atoms with Gasteiger partial charge < -0.3 is 26.8 Å². The van der Waals surface area contributed by atoms with E-state index in [1.807, 2.05) is 12.5 Å². The van der Waals surface area contributed by atoms with E-state index >= 15 is 0 Å². The Bertz CT molecular complexity index is 493. The molecule has 3 amide bonds. The van der Waals surface area contributed by atoms with Crippen LogP contribution in [0.15, 0.2) is 0 Å². The molecule has 11 heteroatoms. The lowest BCUT2D eigenvalue weighted by Gasteiger charge is -2.20. The van der Waals surface area contributed by atoms with Crippen LogP contribution in [0.3, 0.4) is 0 Å². The van der Waals surface area contributed by atoms with E-state index in [4.69, 9.17) is 10.8 Å². The van der Waals surface area contributed by atoms with Crippen molar-refractivity contribution in [2.75, 3.05) is 30.6 Å². The van der Waals surface area contributed by atoms with Crippen LogP contribution < -0.4 is 21.7 Å². The lowest BCUT2D eigenvalue weighted by Crippen LogP contribution is -2.53. The average molecular weight is 409 g/mol. The second kappa shape index (κ2) is 13.7. The van der Waals surface area contributed by atoms with Gasteiger partial charge in [-0.15, -0.1) is 0 Å². The number of rotatable bonds is 13. The molecule has 150 valence electrons. The molecule has 9 nitrogen and oxygen atoms in total. The number of aliphatic carboxylic acids is 1. The van der Waals surface area contributed by atoms with E-state index in [0.717, 1.165) is 5.75 Å². The van der Waals surface area contributed by atoms with Crippen LogP contribution >= 0.6 is 23.5 Å². The van der Waals surface area contributed by atoms with Crippen molar-refractivity contribution in [2.45, 2.75) is 37.9 Å². The number of nitrogens with one attached hydrogen (secondary N) is 3. The summed E-state index contributed by atoms with van der Waals surface area (Å²) >= 11 is 3.10. The van der Waals surface area contributed by atoms with E-state index in [1.165, 1.54) is 18.7 Å². The third-order valence-corrected chi connectivity index (χ3v) is 4.67. The van der Waals surface area contributed by atoms with Gasteiger partial charge in [0, 0.05) is 0 Å². The molecule has 3 unspecified atom stereocenters. The molecule has 0 aromatic heterocycles. The molecule has 0 saturated carbocycles. The van der Waals surface area contributed by atoms with Crippen LogP contribution in [0.25, 0.3) is 0 Å². The van der Waals surface area contributed by atoms with Crippen molar-refractivity contribution in [2.24, 2.45) is 5.73 Å². The Hall–Kier alpha value is -1.46. The highest BCUT2D eigenvalue weighted by molar-refractivity contribution is 7.98. The number of carbonyl (C=O) groups excluding carboxylic acids is 3. The lowest BCUT2D eigenvalue weighted by atomic mass is 10.1. The number of nitrogens with two attached hydrogens (primary N) is 1. The highest BCUT2D eigenvalue weighted by Crippen LogP contribution is 2.03. The molecule has 0 bridgehead atoms. The Morgan fingerprint density at radius 2 is 1.58 bits per heavy atom. The average Bonchev–Trinajstić information content (AvgIpc) is 2.60. The van der Waals surface area contributed by atoms with E-state index in [2.05, 4.69) is 16.0 Å². The molecule has 26 heavy (non-hydrogen) atoms. The summed E-state index contributed by atoms with van der Waals surface area (Å²) < 4.78 is 0. The second-order valence-electron chi connectivity index (χ2n) is 5.58. The number of hydrogen-bond acceptors (Lipinski definition) is 7. The molecule has 0 heterocycles. The van der Waals surface area contributed by atoms with Gasteiger partial charge in [0.1, 0.15) is 12.1 Å². The molecular weight excluding hydrogens is 380 g/mol. The number of carbonyl (C=O) groups is 4. The van der Waals surface area contributed by atoms with Crippen molar-refractivity contribution in [1.82, 2.24) is 16.0 Å². The van der Waals surface area contributed by atoms with E-state index in [9.17, 15) is 19.2 Å². The van der Waals surface area contributed by atoms with E-state index < -0.39 is 41.8 Å². The summed E-state index contributed by atoms with van der Waals surface area (Å²) in [6.45, 7) is 0.945. The molecule has 6 N–H and O–H groups in total. The first-order valence-electron chi connectivity index (χ1n) is 8.06. The third-order valence-electron chi connectivity index (χ3n) is 3.38. The molecule has 0 aromatic carbocycles. The zero-order chi connectivity index (χ0) is 20.1. The molecular formula is C15H28N4O5S2. The molecule has 0 aromatic rings. The minimum absolute atomic E-state index is 0.374. The number of thioether (sulfide) groups is 2. The Balaban J connectivity index is 4.60. The number of amides is 3. The van der Waals surface area contributed by atoms with Crippen LogP contribution in [0.1, 0.15) is 19.8 Å². The van der Waals surface area contributed by atoms with Crippen molar-refractivity contribution < 1.29 is 24.3 Å². The molecule has 0 aliphatic rings. The number of carboxylic acid groups (broad SMARTS) is 1. The summed E-state index contributed by atoms with van der Waals surface area (Å²) in [6.07, 6.45) is 4.68. The zero-order valence-electron chi connectivity index (χ0n) is 15.2. The van der Waals surface area contributed by atoms with Gasteiger partial charge in [-0.1, -0.05) is 0 Å². The van der Waals surface area contributed by atoms with Crippen molar-refractivity contribution in [3.05, 3.63) is 0 Å². The molecule has 0 rings (SSSR count). The van der Waals surface area contributed by atoms with E-state index in [1.54, 1.807) is 11.8 Å². The van der Waals surface area contributed by atoms with Gasteiger partial charge in [-0.3, -0.25) is 19.2 Å². The number of hydrogen-bond donors (Lipinski definition) is 5. The van der Waals surface area contributed by atoms with Crippen LogP contribution in [0, 0.1) is 0 Å². The summed E-state index contributed by atoms with van der Waals surface area (Å²) in [4.78, 5) is 46.7. The summed E-state index contributed by atoms with van der Waals surface area (Å²) in [5, 5.41) is 16.0. The Morgan fingerprint density at radius 3 is 2.12 bits per heavy atom. The zero-order valence-corrected chi connectivity index (χ0v) is 16.9. The smallest absolute Gasteiger partial charge is 0.325 e. The Morgan fingerprint density at radius 1 is 1.00 bits per heavy atom.